The van der Waals surface area contributed by atoms with Crippen LogP contribution in [0.5, 0.6) is 0 Å². The van der Waals surface area contributed by atoms with E-state index in [9.17, 15) is 14.0 Å². The summed E-state index contributed by atoms with van der Waals surface area (Å²) in [5, 5.41) is 7.29. The molecule has 0 radical (unpaired) electrons. The molecule has 1 aromatic carbocycles. The molecule has 0 saturated carbocycles. The highest BCUT2D eigenvalue weighted by atomic mass is 19.1. The summed E-state index contributed by atoms with van der Waals surface area (Å²) in [4.78, 5) is 28.6. The summed E-state index contributed by atoms with van der Waals surface area (Å²) in [6, 6.07) is 7.69. The Hall–Kier alpha value is -2.90. The summed E-state index contributed by atoms with van der Waals surface area (Å²) in [6.45, 7) is 6.57. The van der Waals surface area contributed by atoms with Gasteiger partial charge in [0.25, 0.3) is 0 Å². The van der Waals surface area contributed by atoms with E-state index in [4.69, 9.17) is 4.74 Å². The van der Waals surface area contributed by atoms with Crippen LogP contribution in [0.3, 0.4) is 0 Å². The molecule has 31 heavy (non-hydrogen) atoms. The van der Waals surface area contributed by atoms with Gasteiger partial charge >= 0.3 is 6.09 Å². The van der Waals surface area contributed by atoms with Gasteiger partial charge in [-0.1, -0.05) is 0 Å². The van der Waals surface area contributed by atoms with Crippen LogP contribution < -0.4 is 0 Å². The molecule has 2 aromatic rings. The minimum absolute atomic E-state index is 0.0556. The molecule has 0 aliphatic carbocycles. The molecule has 1 atom stereocenters. The zero-order valence-electron chi connectivity index (χ0n) is 18.7. The zero-order valence-corrected chi connectivity index (χ0v) is 18.7. The number of rotatable bonds is 6. The maximum Gasteiger partial charge on any atom is 0.410 e. The number of likely N-dealkylation sites (N-methyl/N-ethyl adjacent to an activating group) is 1. The average Bonchev–Trinajstić information content (AvgIpc) is 3.36. The summed E-state index contributed by atoms with van der Waals surface area (Å²) in [7, 11) is 1.77. The van der Waals surface area contributed by atoms with Gasteiger partial charge in [0.05, 0.1) is 5.69 Å². The summed E-state index contributed by atoms with van der Waals surface area (Å²) < 4.78 is 18.5. The predicted molar refractivity (Wildman–Crippen MR) is 116 cm³/mol. The first kappa shape index (κ1) is 22.8. The molecule has 1 saturated heterocycles. The molecule has 1 N–H and O–H groups in total. The quantitative estimate of drug-likeness (QED) is 0.751. The molecule has 1 aliphatic rings. The predicted octanol–water partition coefficient (Wildman–Crippen LogP) is 4.01. The van der Waals surface area contributed by atoms with Gasteiger partial charge < -0.3 is 9.64 Å². The fraction of sp³-hybridized carbons (Fsp3) is 0.522. The number of benzene rings is 1. The lowest BCUT2D eigenvalue weighted by Gasteiger charge is -2.30. The number of amides is 2. The molecular weight excluding hydrogens is 399 g/mol. The number of aromatic nitrogens is 2. The van der Waals surface area contributed by atoms with Crippen LogP contribution in [0.2, 0.25) is 0 Å². The third-order valence-electron chi connectivity index (χ3n) is 5.25. The molecule has 8 heteroatoms. The van der Waals surface area contributed by atoms with Crippen LogP contribution in [0, 0.1) is 5.82 Å². The van der Waals surface area contributed by atoms with Gasteiger partial charge in [0.1, 0.15) is 17.5 Å². The molecule has 1 aromatic heterocycles. The van der Waals surface area contributed by atoms with Crippen molar-refractivity contribution in [2.24, 2.45) is 0 Å². The van der Waals surface area contributed by atoms with Crippen LogP contribution in [0.15, 0.2) is 30.3 Å². The van der Waals surface area contributed by atoms with Crippen molar-refractivity contribution < 1.29 is 18.7 Å². The van der Waals surface area contributed by atoms with Crippen molar-refractivity contribution in [3.05, 3.63) is 41.8 Å². The monoisotopic (exact) mass is 430 g/mol. The highest BCUT2D eigenvalue weighted by Crippen LogP contribution is 2.23. The van der Waals surface area contributed by atoms with Crippen LogP contribution in [-0.2, 0) is 16.0 Å². The van der Waals surface area contributed by atoms with Gasteiger partial charge in [-0.15, -0.1) is 0 Å². The van der Waals surface area contributed by atoms with Crippen LogP contribution >= 0.6 is 0 Å². The number of nitrogens with zero attached hydrogens (tertiary/aromatic N) is 3. The number of H-pyrrole nitrogens is 1. The molecule has 168 valence electrons. The van der Waals surface area contributed by atoms with E-state index in [1.807, 2.05) is 26.8 Å². The number of ether oxygens (including phenoxy) is 1. The lowest BCUT2D eigenvalue weighted by molar-refractivity contribution is -0.134. The fourth-order valence-electron chi connectivity index (χ4n) is 3.69. The minimum Gasteiger partial charge on any atom is -0.444 e. The van der Waals surface area contributed by atoms with Gasteiger partial charge in [0.15, 0.2) is 0 Å². The first-order valence-corrected chi connectivity index (χ1v) is 10.7. The fourth-order valence-corrected chi connectivity index (χ4v) is 3.69. The van der Waals surface area contributed by atoms with E-state index in [0.717, 1.165) is 36.2 Å². The standard InChI is InChI=1S/C23H31FN4O3/c1-23(2,3)31-22(30)28-14-6-8-20(28)21(29)27(4)13-5-7-18-15-19(26-25-18)16-9-11-17(24)12-10-16/h9-12,15,20H,5-8,13-14H2,1-4H3,(H,25,26). The van der Waals surface area contributed by atoms with E-state index in [1.54, 1.807) is 29.0 Å². The molecule has 1 aliphatic heterocycles. The summed E-state index contributed by atoms with van der Waals surface area (Å²) in [5.74, 6) is -0.334. The van der Waals surface area contributed by atoms with Crippen molar-refractivity contribution in [1.29, 1.82) is 0 Å². The van der Waals surface area contributed by atoms with Crippen LogP contribution in [0.4, 0.5) is 9.18 Å². The Morgan fingerprint density at radius 3 is 2.68 bits per heavy atom. The molecule has 1 fully saturated rings. The zero-order chi connectivity index (χ0) is 22.6. The molecule has 2 heterocycles. The van der Waals surface area contributed by atoms with E-state index in [-0.39, 0.29) is 11.7 Å². The summed E-state index contributed by atoms with van der Waals surface area (Å²) in [5.41, 5.74) is 1.98. The van der Waals surface area contributed by atoms with E-state index >= 15 is 0 Å². The van der Waals surface area contributed by atoms with Gasteiger partial charge in [0.2, 0.25) is 5.91 Å². The molecule has 3 rings (SSSR count). The van der Waals surface area contributed by atoms with E-state index in [1.165, 1.54) is 12.1 Å². The first-order valence-electron chi connectivity index (χ1n) is 10.7. The summed E-state index contributed by atoms with van der Waals surface area (Å²) in [6.07, 6.45) is 2.51. The lowest BCUT2D eigenvalue weighted by atomic mass is 10.1. The topological polar surface area (TPSA) is 78.5 Å². The second-order valence-electron chi connectivity index (χ2n) is 8.98. The lowest BCUT2D eigenvalue weighted by Crippen LogP contribution is -2.48. The van der Waals surface area contributed by atoms with E-state index in [2.05, 4.69) is 10.2 Å². The Balaban J connectivity index is 1.50. The number of aromatic amines is 1. The molecule has 7 nitrogen and oxygen atoms in total. The number of aryl methyl sites for hydroxylation is 1. The van der Waals surface area contributed by atoms with Gasteiger partial charge in [-0.3, -0.25) is 14.8 Å². The number of hydrogen-bond acceptors (Lipinski definition) is 4. The Kier molecular flexibility index (Phi) is 6.97. The van der Waals surface area contributed by atoms with Gasteiger partial charge in [-0.05, 0) is 76.8 Å². The number of carbonyl (C=O) groups is 2. The third kappa shape index (κ3) is 6.06. The van der Waals surface area contributed by atoms with Gasteiger partial charge in [-0.2, -0.15) is 5.10 Å². The SMILES string of the molecule is CN(CCCc1cc(-c2ccc(F)cc2)n[nH]1)C(=O)C1CCCN1C(=O)OC(C)(C)C. The van der Waals surface area contributed by atoms with Crippen LogP contribution in [-0.4, -0.2) is 63.8 Å². The van der Waals surface area contributed by atoms with E-state index < -0.39 is 17.7 Å². The summed E-state index contributed by atoms with van der Waals surface area (Å²) >= 11 is 0. The first-order chi connectivity index (χ1) is 14.6. The largest absolute Gasteiger partial charge is 0.444 e. The molecule has 0 spiro atoms. The Morgan fingerprint density at radius 1 is 1.29 bits per heavy atom. The Morgan fingerprint density at radius 2 is 2.00 bits per heavy atom. The van der Waals surface area contributed by atoms with E-state index in [0.29, 0.717) is 19.5 Å². The van der Waals surface area contributed by atoms with Crippen LogP contribution in [0.1, 0.15) is 45.7 Å². The maximum atomic E-state index is 13.1. The highest BCUT2D eigenvalue weighted by Gasteiger charge is 2.37. The number of carbonyl (C=O) groups excluding carboxylic acids is 2. The number of likely N-dealkylation sites (tertiary alicyclic amines) is 1. The number of hydrogen-bond donors (Lipinski definition) is 1. The van der Waals surface area contributed by atoms with Crippen molar-refractivity contribution in [2.45, 2.75) is 58.1 Å². The maximum absolute atomic E-state index is 13.1. The van der Waals surface area contributed by atoms with Crippen LogP contribution in [0.25, 0.3) is 11.3 Å². The normalized spacial score (nSPS) is 16.4. The van der Waals surface area contributed by atoms with Gasteiger partial charge in [0, 0.05) is 31.4 Å². The minimum atomic E-state index is -0.587. The highest BCUT2D eigenvalue weighted by molar-refractivity contribution is 5.86. The molecule has 1 unspecified atom stereocenters. The van der Waals surface area contributed by atoms with Crippen molar-refractivity contribution in [3.63, 3.8) is 0 Å². The second-order valence-corrected chi connectivity index (χ2v) is 8.98. The molecule has 2 amide bonds. The number of halogens is 1. The van der Waals surface area contributed by atoms with Gasteiger partial charge in [-0.25, -0.2) is 9.18 Å². The average molecular weight is 431 g/mol. The molecule has 0 bridgehead atoms. The third-order valence-corrected chi connectivity index (χ3v) is 5.25. The Bertz CT molecular complexity index is 904. The van der Waals surface area contributed by atoms with Crippen molar-refractivity contribution >= 4 is 12.0 Å². The smallest absolute Gasteiger partial charge is 0.410 e. The Labute approximate surface area is 182 Å². The van der Waals surface area contributed by atoms with Crippen molar-refractivity contribution in [2.75, 3.05) is 20.1 Å². The second kappa shape index (κ2) is 9.49. The van der Waals surface area contributed by atoms with Crippen molar-refractivity contribution in [1.82, 2.24) is 20.0 Å². The van der Waals surface area contributed by atoms with Crippen molar-refractivity contribution in [3.8, 4) is 11.3 Å². The number of nitrogens with one attached hydrogen (secondary N) is 1. The molecular formula is C23H31FN4O3.